The van der Waals surface area contributed by atoms with E-state index in [2.05, 4.69) is 15.8 Å². The van der Waals surface area contributed by atoms with Crippen molar-refractivity contribution in [1.82, 2.24) is 9.88 Å². The Balaban J connectivity index is 1.47. The maximum Gasteiger partial charge on any atom is 0.261 e. The van der Waals surface area contributed by atoms with Gasteiger partial charge >= 0.3 is 0 Å². The summed E-state index contributed by atoms with van der Waals surface area (Å²) in [6.07, 6.45) is 1.64. The van der Waals surface area contributed by atoms with Crippen molar-refractivity contribution in [3.8, 4) is 6.07 Å². The third-order valence-corrected chi connectivity index (χ3v) is 6.98. The Kier molecular flexibility index (Phi) is 6.49. The molecule has 3 aromatic rings. The number of hydrogen-bond acceptors (Lipinski definition) is 6. The van der Waals surface area contributed by atoms with E-state index in [0.29, 0.717) is 37.6 Å². The van der Waals surface area contributed by atoms with Gasteiger partial charge in [-0.25, -0.2) is 13.4 Å². The number of nitriles is 1. The predicted molar refractivity (Wildman–Crippen MR) is 126 cm³/mol. The highest BCUT2D eigenvalue weighted by molar-refractivity contribution is 7.92. The van der Waals surface area contributed by atoms with Crippen LogP contribution in [-0.4, -0.2) is 50.4 Å². The van der Waals surface area contributed by atoms with Gasteiger partial charge in [0.05, 0.1) is 21.2 Å². The van der Waals surface area contributed by atoms with E-state index in [1.54, 1.807) is 53.6 Å². The Morgan fingerprint density at radius 2 is 1.79 bits per heavy atom. The molecule has 4 rings (SSSR count). The van der Waals surface area contributed by atoms with Crippen LogP contribution >= 0.6 is 11.6 Å². The fourth-order valence-electron chi connectivity index (χ4n) is 3.58. The molecule has 0 unspecified atom stereocenters. The van der Waals surface area contributed by atoms with E-state index < -0.39 is 10.0 Å². The highest BCUT2D eigenvalue weighted by Gasteiger charge is 2.25. The third-order valence-electron chi connectivity index (χ3n) is 5.28. The molecule has 0 atom stereocenters. The molecule has 1 aliphatic heterocycles. The molecule has 0 saturated carbocycles. The van der Waals surface area contributed by atoms with E-state index in [1.807, 2.05) is 4.90 Å². The molecule has 8 nitrogen and oxygen atoms in total. The summed E-state index contributed by atoms with van der Waals surface area (Å²) in [4.78, 5) is 21.0. The first kappa shape index (κ1) is 22.6. The number of aromatic nitrogens is 1. The maximum absolute atomic E-state index is 13.1. The van der Waals surface area contributed by atoms with Crippen LogP contribution in [0.3, 0.4) is 0 Å². The normalized spacial score (nSPS) is 13.9. The molecule has 0 aliphatic carbocycles. The second-order valence-electron chi connectivity index (χ2n) is 7.38. The lowest BCUT2D eigenvalue weighted by Gasteiger charge is -2.35. The Hall–Kier alpha value is -3.61. The highest BCUT2D eigenvalue weighted by atomic mass is 35.5. The van der Waals surface area contributed by atoms with Gasteiger partial charge in [-0.3, -0.25) is 9.52 Å². The third kappa shape index (κ3) is 4.92. The molecule has 1 saturated heterocycles. The van der Waals surface area contributed by atoms with E-state index in [4.69, 9.17) is 11.6 Å². The lowest BCUT2D eigenvalue weighted by Crippen LogP contribution is -2.49. The molecule has 2 aromatic carbocycles. The molecule has 33 heavy (non-hydrogen) atoms. The van der Waals surface area contributed by atoms with E-state index in [0.717, 1.165) is 0 Å². The summed E-state index contributed by atoms with van der Waals surface area (Å²) in [5.41, 5.74) is 1.03. The number of pyridine rings is 1. The average molecular weight is 482 g/mol. The van der Waals surface area contributed by atoms with Crippen molar-refractivity contribution in [1.29, 1.82) is 5.26 Å². The molecule has 1 N–H and O–H groups in total. The monoisotopic (exact) mass is 481 g/mol. The zero-order valence-corrected chi connectivity index (χ0v) is 19.1. The molecule has 1 amide bonds. The van der Waals surface area contributed by atoms with Gasteiger partial charge in [0, 0.05) is 37.9 Å². The molecule has 0 radical (unpaired) electrons. The zero-order chi connectivity index (χ0) is 23.4. The van der Waals surface area contributed by atoms with Crippen LogP contribution < -0.4 is 9.62 Å². The number of amides is 1. The van der Waals surface area contributed by atoms with Crippen LogP contribution in [0.1, 0.15) is 15.9 Å². The fourth-order valence-corrected chi connectivity index (χ4v) is 4.95. The Bertz CT molecular complexity index is 1330. The summed E-state index contributed by atoms with van der Waals surface area (Å²) in [7, 11) is -3.93. The summed E-state index contributed by atoms with van der Waals surface area (Å²) in [5, 5.41) is 9.57. The van der Waals surface area contributed by atoms with Crippen LogP contribution in [0.2, 0.25) is 5.02 Å². The standard InChI is InChI=1S/C23H20ClN5O3S/c24-20-8-1-2-9-21(20)27-33(31,32)19-7-3-5-17(15-19)23(30)29-13-11-28(12-14-29)22-18(16-25)6-4-10-26-22/h1-10,15,27H,11-14H2. The number of benzene rings is 2. The second kappa shape index (κ2) is 9.48. The minimum Gasteiger partial charge on any atom is -0.352 e. The van der Waals surface area contributed by atoms with Gasteiger partial charge in [0.25, 0.3) is 15.9 Å². The minimum atomic E-state index is -3.93. The molecule has 1 fully saturated rings. The van der Waals surface area contributed by atoms with E-state index in [-0.39, 0.29) is 27.1 Å². The van der Waals surface area contributed by atoms with Crippen molar-refractivity contribution in [2.45, 2.75) is 4.90 Å². The smallest absolute Gasteiger partial charge is 0.261 e. The van der Waals surface area contributed by atoms with Crippen LogP contribution in [0.15, 0.2) is 71.8 Å². The largest absolute Gasteiger partial charge is 0.352 e. The minimum absolute atomic E-state index is 0.0287. The van der Waals surface area contributed by atoms with Crippen LogP contribution in [0.25, 0.3) is 0 Å². The molecule has 10 heteroatoms. The first-order valence-corrected chi connectivity index (χ1v) is 12.0. The summed E-state index contributed by atoms with van der Waals surface area (Å²) >= 11 is 6.06. The highest BCUT2D eigenvalue weighted by Crippen LogP contribution is 2.25. The first-order chi connectivity index (χ1) is 15.9. The van der Waals surface area contributed by atoms with Crippen LogP contribution in [0, 0.1) is 11.3 Å². The Morgan fingerprint density at radius 1 is 1.03 bits per heavy atom. The molecule has 0 bridgehead atoms. The van der Waals surface area contributed by atoms with Gasteiger partial charge in [0.2, 0.25) is 0 Å². The quantitative estimate of drug-likeness (QED) is 0.598. The van der Waals surface area contributed by atoms with E-state index >= 15 is 0 Å². The average Bonchev–Trinajstić information content (AvgIpc) is 2.85. The number of nitrogens with one attached hydrogen (secondary N) is 1. The number of sulfonamides is 1. The summed E-state index contributed by atoms with van der Waals surface area (Å²) in [6, 6.07) is 18.0. The number of anilines is 2. The first-order valence-electron chi connectivity index (χ1n) is 10.2. The second-order valence-corrected chi connectivity index (χ2v) is 9.47. The van der Waals surface area contributed by atoms with Gasteiger partial charge in [-0.15, -0.1) is 0 Å². The Morgan fingerprint density at radius 3 is 2.52 bits per heavy atom. The van der Waals surface area contributed by atoms with E-state index in [9.17, 15) is 18.5 Å². The molecule has 1 aromatic heterocycles. The number of hydrogen-bond donors (Lipinski definition) is 1. The predicted octanol–water partition coefficient (Wildman–Crippen LogP) is 3.37. The van der Waals surface area contributed by atoms with Crippen LogP contribution in [0.4, 0.5) is 11.5 Å². The summed E-state index contributed by atoms with van der Waals surface area (Å²) < 4.78 is 28.1. The lowest BCUT2D eigenvalue weighted by atomic mass is 10.1. The van der Waals surface area contributed by atoms with Gasteiger partial charge in [-0.2, -0.15) is 5.26 Å². The van der Waals surface area contributed by atoms with Gasteiger partial charge in [-0.05, 0) is 42.5 Å². The fraction of sp³-hybridized carbons (Fsp3) is 0.174. The van der Waals surface area contributed by atoms with Crippen molar-refractivity contribution in [3.05, 3.63) is 83.0 Å². The van der Waals surface area contributed by atoms with Crippen molar-refractivity contribution in [2.24, 2.45) is 0 Å². The van der Waals surface area contributed by atoms with Gasteiger partial charge in [0.1, 0.15) is 11.9 Å². The Labute approximate surface area is 197 Å². The van der Waals surface area contributed by atoms with Crippen LogP contribution in [-0.2, 0) is 10.0 Å². The number of carbonyl (C=O) groups excluding carboxylic acids is 1. The van der Waals surface area contributed by atoms with Crippen molar-refractivity contribution in [2.75, 3.05) is 35.8 Å². The van der Waals surface area contributed by atoms with Gasteiger partial charge in [0.15, 0.2) is 0 Å². The van der Waals surface area contributed by atoms with Crippen LogP contribution in [0.5, 0.6) is 0 Å². The van der Waals surface area contributed by atoms with Gasteiger partial charge in [-0.1, -0.05) is 29.8 Å². The number of para-hydroxylation sites is 1. The SMILES string of the molecule is N#Cc1cccnc1N1CCN(C(=O)c2cccc(S(=O)(=O)Nc3ccccc3Cl)c2)CC1. The van der Waals surface area contributed by atoms with E-state index in [1.165, 1.54) is 18.2 Å². The number of carbonyl (C=O) groups is 1. The number of nitrogens with zero attached hydrogens (tertiary/aromatic N) is 4. The number of halogens is 1. The maximum atomic E-state index is 13.1. The molecule has 2 heterocycles. The molecule has 1 aliphatic rings. The van der Waals surface area contributed by atoms with Crippen molar-refractivity contribution < 1.29 is 13.2 Å². The van der Waals surface area contributed by atoms with Crippen molar-refractivity contribution in [3.63, 3.8) is 0 Å². The zero-order valence-electron chi connectivity index (χ0n) is 17.5. The molecular formula is C23H20ClN5O3S. The topological polar surface area (TPSA) is 106 Å². The summed E-state index contributed by atoms with van der Waals surface area (Å²) in [6.45, 7) is 1.89. The molecule has 0 spiro atoms. The molecule has 168 valence electrons. The molecular weight excluding hydrogens is 462 g/mol. The lowest BCUT2D eigenvalue weighted by molar-refractivity contribution is 0.0746. The number of rotatable bonds is 5. The summed E-state index contributed by atoms with van der Waals surface area (Å²) in [5.74, 6) is 0.344. The van der Waals surface area contributed by atoms with Crippen molar-refractivity contribution >= 4 is 39.0 Å². The van der Waals surface area contributed by atoms with Gasteiger partial charge < -0.3 is 9.80 Å². The number of piperazine rings is 1.